The maximum atomic E-state index is 15.1. The number of imidazole rings is 1. The Morgan fingerprint density at radius 1 is 1.02 bits per heavy atom. The fourth-order valence-electron chi connectivity index (χ4n) is 9.85. The zero-order chi connectivity index (χ0) is 42.0. The summed E-state index contributed by atoms with van der Waals surface area (Å²) in [5, 5.41) is 5.33. The number of methoxy groups -OCH3 is 1. The average Bonchev–Trinajstić information content (AvgIpc) is 4.05. The third kappa shape index (κ3) is 6.67. The van der Waals surface area contributed by atoms with E-state index in [4.69, 9.17) is 9.84 Å². The largest absolute Gasteiger partial charge is 0.496 e. The van der Waals surface area contributed by atoms with Crippen LogP contribution in [0, 0.1) is 6.92 Å². The molecule has 1 fully saturated rings. The highest BCUT2D eigenvalue weighted by atomic mass is 19.3. The number of pyridine rings is 1. The maximum Gasteiger partial charge on any atom is 0.264 e. The van der Waals surface area contributed by atoms with Gasteiger partial charge in [-0.1, -0.05) is 0 Å². The number of nitrogens with zero attached hydrogens (tertiary/aromatic N) is 8. The van der Waals surface area contributed by atoms with Crippen LogP contribution in [0.5, 0.6) is 5.75 Å². The predicted octanol–water partition coefficient (Wildman–Crippen LogP) is 6.79. The van der Waals surface area contributed by atoms with Crippen molar-refractivity contribution in [3.63, 3.8) is 0 Å². The average molecular weight is 819 g/mol. The van der Waals surface area contributed by atoms with Crippen LogP contribution >= 0.6 is 0 Å². The fraction of sp³-hybridized carbons (Fsp3) is 0.422. The van der Waals surface area contributed by atoms with Crippen molar-refractivity contribution in [3.8, 4) is 16.9 Å². The molecule has 4 aliphatic rings. The Hall–Kier alpha value is -6.12. The topological polar surface area (TPSA) is 126 Å². The van der Waals surface area contributed by atoms with E-state index in [-0.39, 0.29) is 48.6 Å². The summed E-state index contributed by atoms with van der Waals surface area (Å²) in [6.45, 7) is 8.05. The van der Waals surface area contributed by atoms with Gasteiger partial charge in [0.25, 0.3) is 12.3 Å². The van der Waals surface area contributed by atoms with Crippen molar-refractivity contribution < 1.29 is 32.7 Å². The minimum absolute atomic E-state index is 0.0250. The molecule has 0 spiro atoms. The first-order chi connectivity index (χ1) is 28.9. The van der Waals surface area contributed by atoms with Gasteiger partial charge in [0, 0.05) is 105 Å². The number of aldehydes is 1. The molecule has 13 nitrogen and oxygen atoms in total. The van der Waals surface area contributed by atoms with E-state index >= 15 is 8.78 Å². The van der Waals surface area contributed by atoms with Crippen LogP contribution < -0.4 is 14.5 Å². The molecule has 2 aromatic carbocycles. The highest BCUT2D eigenvalue weighted by Gasteiger charge is 2.39. The van der Waals surface area contributed by atoms with Crippen LogP contribution in [0.1, 0.15) is 95.9 Å². The molecule has 0 aliphatic carbocycles. The third-order valence-electron chi connectivity index (χ3n) is 12.9. The quantitative estimate of drug-likeness (QED) is 0.133. The Bertz CT molecular complexity index is 2570. The summed E-state index contributed by atoms with van der Waals surface area (Å²) in [6.07, 6.45) is 6.88. The first kappa shape index (κ1) is 39.3. The van der Waals surface area contributed by atoms with Crippen molar-refractivity contribution in [2.45, 2.75) is 90.9 Å². The molecule has 3 aromatic heterocycles. The Morgan fingerprint density at radius 3 is 2.60 bits per heavy atom. The van der Waals surface area contributed by atoms with E-state index in [1.165, 1.54) is 14.0 Å². The lowest BCUT2D eigenvalue weighted by Crippen LogP contribution is -2.40. The molecule has 60 heavy (non-hydrogen) atoms. The number of fused-ring (bicyclic) bond motifs is 4. The van der Waals surface area contributed by atoms with Crippen molar-refractivity contribution in [1.82, 2.24) is 29.0 Å². The SMILES string of the molecule is COc1cc(N2CC[C@@H](n3nc(N4CCCc5cc(-c6cc7nccn7cc6C)c(C(F)F)cc54)c4c3CCN(C(C)=O)C4)C2)cc2c1C(=O)N(C(CCC=O)C(C)=O)C2. The number of carbonyl (C=O) groups excluding carboxylic acids is 4. The van der Waals surface area contributed by atoms with E-state index in [9.17, 15) is 19.2 Å². The number of alkyl halides is 2. The molecule has 1 saturated heterocycles. The van der Waals surface area contributed by atoms with Gasteiger partial charge in [0.15, 0.2) is 11.6 Å². The van der Waals surface area contributed by atoms with Crippen molar-refractivity contribution in [2.24, 2.45) is 0 Å². The maximum absolute atomic E-state index is 15.1. The number of anilines is 3. The first-order valence-electron chi connectivity index (χ1n) is 20.7. The molecule has 5 aromatic rings. The van der Waals surface area contributed by atoms with Crippen LogP contribution in [0.25, 0.3) is 16.8 Å². The smallest absolute Gasteiger partial charge is 0.264 e. The van der Waals surface area contributed by atoms with E-state index < -0.39 is 12.5 Å². The molecule has 2 atom stereocenters. The van der Waals surface area contributed by atoms with Gasteiger partial charge in [-0.2, -0.15) is 5.10 Å². The monoisotopic (exact) mass is 818 g/mol. The number of ether oxygens (including phenoxy) is 1. The lowest BCUT2D eigenvalue weighted by molar-refractivity contribution is -0.129. The van der Waals surface area contributed by atoms with Gasteiger partial charge in [-0.05, 0) is 91.6 Å². The summed E-state index contributed by atoms with van der Waals surface area (Å²) in [4.78, 5) is 62.3. The fourth-order valence-corrected chi connectivity index (χ4v) is 9.85. The number of rotatable bonds is 11. The number of hydrogen-bond donors (Lipinski definition) is 0. The highest BCUT2D eigenvalue weighted by molar-refractivity contribution is 6.04. The van der Waals surface area contributed by atoms with E-state index in [1.54, 1.807) is 24.1 Å². The molecule has 4 aliphatic heterocycles. The number of benzene rings is 2. The molecule has 9 rings (SSSR count). The number of aromatic nitrogens is 4. The van der Waals surface area contributed by atoms with Crippen LogP contribution in [0.2, 0.25) is 0 Å². The summed E-state index contributed by atoms with van der Waals surface area (Å²) in [7, 11) is 1.53. The number of halogens is 2. The zero-order valence-electron chi connectivity index (χ0n) is 34.3. The zero-order valence-corrected chi connectivity index (χ0v) is 34.3. The number of carbonyl (C=O) groups is 4. The van der Waals surface area contributed by atoms with Crippen molar-refractivity contribution in [1.29, 1.82) is 0 Å². The lowest BCUT2D eigenvalue weighted by atomic mass is 9.90. The summed E-state index contributed by atoms with van der Waals surface area (Å²) in [5.74, 6) is 0.660. The molecular weight excluding hydrogens is 771 g/mol. The lowest BCUT2D eigenvalue weighted by Gasteiger charge is -2.33. The molecule has 0 saturated carbocycles. The Morgan fingerprint density at radius 2 is 1.85 bits per heavy atom. The van der Waals surface area contributed by atoms with Gasteiger partial charge in [0.2, 0.25) is 5.91 Å². The number of amides is 2. The number of Topliss-reactive ketones (excluding diaryl/α,β-unsaturated/α-hetero) is 1. The molecule has 0 bridgehead atoms. The number of hydrogen-bond acceptors (Lipinski definition) is 9. The van der Waals surface area contributed by atoms with E-state index in [2.05, 4.69) is 19.5 Å². The van der Waals surface area contributed by atoms with Crippen LogP contribution in [0.3, 0.4) is 0 Å². The minimum Gasteiger partial charge on any atom is -0.496 e. The third-order valence-corrected chi connectivity index (χ3v) is 12.9. The molecule has 2 amide bonds. The van der Waals surface area contributed by atoms with Crippen molar-refractivity contribution in [3.05, 3.63) is 88.0 Å². The van der Waals surface area contributed by atoms with Crippen LogP contribution in [-0.4, -0.2) is 92.2 Å². The van der Waals surface area contributed by atoms with Crippen molar-refractivity contribution in [2.75, 3.05) is 43.1 Å². The van der Waals surface area contributed by atoms with E-state index in [0.717, 1.165) is 64.7 Å². The van der Waals surface area contributed by atoms with Gasteiger partial charge in [0.1, 0.15) is 17.7 Å². The molecule has 0 N–H and O–H groups in total. The Labute approximate surface area is 346 Å². The number of aryl methyl sites for hydroxylation is 2. The minimum atomic E-state index is -2.72. The summed E-state index contributed by atoms with van der Waals surface area (Å²) in [5.41, 5.74) is 8.53. The second-order valence-corrected chi connectivity index (χ2v) is 16.4. The van der Waals surface area contributed by atoms with E-state index in [0.29, 0.717) is 73.2 Å². The summed E-state index contributed by atoms with van der Waals surface area (Å²) in [6, 6.07) is 8.59. The highest BCUT2D eigenvalue weighted by Crippen LogP contribution is 2.45. The van der Waals surface area contributed by atoms with Gasteiger partial charge < -0.3 is 33.5 Å². The molecule has 1 unspecified atom stereocenters. The first-order valence-corrected chi connectivity index (χ1v) is 20.7. The normalized spacial score (nSPS) is 18.0. The van der Waals surface area contributed by atoms with Gasteiger partial charge >= 0.3 is 0 Å². The van der Waals surface area contributed by atoms with Gasteiger partial charge in [-0.25, -0.2) is 13.8 Å². The van der Waals surface area contributed by atoms with Gasteiger partial charge in [-0.3, -0.25) is 19.1 Å². The van der Waals surface area contributed by atoms with Crippen molar-refractivity contribution >= 4 is 46.7 Å². The second-order valence-electron chi connectivity index (χ2n) is 16.4. The van der Waals surface area contributed by atoms with Crippen LogP contribution in [0.4, 0.5) is 26.0 Å². The standard InChI is InChI=1S/C45H48F2N8O5/c1-26-22-52-15-11-48-41(52)21-33(26)34-18-29-7-5-12-53(39(29)20-35(34)43(46)47)44-36-25-50(28(3)58)14-10-38(36)55(49-44)31-9-13-51(24-31)32-17-30-23-54(37(27(2)57)8-6-16-56)45(59)42(30)40(19-32)60-4/h11,15-22,31,37,43H,5-10,12-14,23-25H2,1-4H3/t31-,37?/m1/s1. The Balaban J connectivity index is 1.05. The molecular formula is C45H48F2N8O5. The second kappa shape index (κ2) is 15.5. The molecule has 7 heterocycles. The van der Waals surface area contributed by atoms with Gasteiger partial charge in [0.05, 0.1) is 31.3 Å². The Kier molecular flexibility index (Phi) is 10.2. The van der Waals surface area contributed by atoms with Crippen LogP contribution in [-0.2, 0) is 40.3 Å². The molecule has 0 radical (unpaired) electrons. The predicted molar refractivity (Wildman–Crippen MR) is 221 cm³/mol. The molecule has 15 heteroatoms. The number of ketones is 1. The van der Waals surface area contributed by atoms with Gasteiger partial charge in [-0.15, -0.1) is 0 Å². The summed E-state index contributed by atoms with van der Waals surface area (Å²) < 4.78 is 40.0. The van der Waals surface area contributed by atoms with E-state index in [1.807, 2.05) is 52.9 Å². The molecule has 312 valence electrons. The summed E-state index contributed by atoms with van der Waals surface area (Å²) >= 11 is 0. The van der Waals surface area contributed by atoms with Crippen LogP contribution in [0.15, 0.2) is 48.9 Å².